The highest BCUT2D eigenvalue weighted by Gasteiger charge is 2.18. The van der Waals surface area contributed by atoms with Crippen LogP contribution in [0.25, 0.3) is 6.08 Å². The summed E-state index contributed by atoms with van der Waals surface area (Å²) in [6, 6.07) is 11.5. The molecule has 1 aliphatic rings. The van der Waals surface area contributed by atoms with Crippen LogP contribution in [-0.4, -0.2) is 44.3 Å². The van der Waals surface area contributed by atoms with Crippen LogP contribution in [0.2, 0.25) is 0 Å². The van der Waals surface area contributed by atoms with E-state index in [2.05, 4.69) is 10.1 Å². The van der Waals surface area contributed by atoms with E-state index in [0.717, 1.165) is 0 Å². The SMILES string of the molecule is COC(=O)c1ccc(/C=C/C(=O)OC(C)C(=O)Nc2ccc3c(c2)OCCO3)cc1. The molecule has 2 aromatic rings. The van der Waals surface area contributed by atoms with E-state index < -0.39 is 23.9 Å². The fourth-order valence-electron chi connectivity index (χ4n) is 2.64. The molecule has 1 aliphatic heterocycles. The van der Waals surface area contributed by atoms with Crippen LogP contribution in [0.1, 0.15) is 22.8 Å². The zero-order valence-electron chi connectivity index (χ0n) is 16.5. The number of hydrogen-bond acceptors (Lipinski definition) is 7. The molecule has 0 saturated carbocycles. The minimum atomic E-state index is -1.00. The number of carbonyl (C=O) groups excluding carboxylic acids is 3. The van der Waals surface area contributed by atoms with Gasteiger partial charge in [0.05, 0.1) is 12.7 Å². The molecule has 3 rings (SSSR count). The largest absolute Gasteiger partial charge is 0.486 e. The molecule has 1 heterocycles. The number of rotatable bonds is 6. The number of anilines is 1. The van der Waals surface area contributed by atoms with Crippen molar-refractivity contribution in [3.63, 3.8) is 0 Å². The Hall–Kier alpha value is -3.81. The standard InChI is InChI=1S/C22H21NO7/c1-14(21(25)23-17-8-9-18-19(13-17)29-12-11-28-18)30-20(24)10-5-15-3-6-16(7-4-15)22(26)27-2/h3-10,13-14H,11-12H2,1-2H3,(H,23,25)/b10-5+. The summed E-state index contributed by atoms with van der Waals surface area (Å²) >= 11 is 0. The van der Waals surface area contributed by atoms with Gasteiger partial charge < -0.3 is 24.3 Å². The summed E-state index contributed by atoms with van der Waals surface area (Å²) in [5, 5.41) is 2.67. The Balaban J connectivity index is 1.52. The maximum Gasteiger partial charge on any atom is 0.337 e. The molecule has 1 N–H and O–H groups in total. The van der Waals surface area contributed by atoms with E-state index >= 15 is 0 Å². The summed E-state index contributed by atoms with van der Waals surface area (Å²) < 4.78 is 20.7. The van der Waals surface area contributed by atoms with Crippen molar-refractivity contribution in [1.82, 2.24) is 0 Å². The highest BCUT2D eigenvalue weighted by atomic mass is 16.6. The summed E-state index contributed by atoms with van der Waals surface area (Å²) in [5.74, 6) is -0.427. The first-order valence-electron chi connectivity index (χ1n) is 9.24. The molecule has 8 nitrogen and oxygen atoms in total. The molecule has 0 radical (unpaired) electrons. The smallest absolute Gasteiger partial charge is 0.337 e. The first-order chi connectivity index (χ1) is 14.5. The van der Waals surface area contributed by atoms with Gasteiger partial charge in [0.2, 0.25) is 0 Å². The van der Waals surface area contributed by atoms with E-state index in [4.69, 9.17) is 14.2 Å². The highest BCUT2D eigenvalue weighted by molar-refractivity contribution is 5.97. The number of methoxy groups -OCH3 is 1. The van der Waals surface area contributed by atoms with Gasteiger partial charge in [-0.2, -0.15) is 0 Å². The number of nitrogens with one attached hydrogen (secondary N) is 1. The zero-order valence-corrected chi connectivity index (χ0v) is 16.5. The van der Waals surface area contributed by atoms with Crippen molar-refractivity contribution >= 4 is 29.6 Å². The van der Waals surface area contributed by atoms with E-state index in [1.165, 1.54) is 26.2 Å². The van der Waals surface area contributed by atoms with Crippen molar-refractivity contribution in [2.75, 3.05) is 25.6 Å². The maximum absolute atomic E-state index is 12.3. The Bertz CT molecular complexity index is 966. The highest BCUT2D eigenvalue weighted by Crippen LogP contribution is 2.32. The summed E-state index contributed by atoms with van der Waals surface area (Å²) in [5.41, 5.74) is 1.60. The third-order valence-corrected chi connectivity index (χ3v) is 4.22. The normalized spacial score (nSPS) is 13.4. The summed E-state index contributed by atoms with van der Waals surface area (Å²) in [4.78, 5) is 35.7. The van der Waals surface area contributed by atoms with Gasteiger partial charge >= 0.3 is 11.9 Å². The average molecular weight is 411 g/mol. The third-order valence-electron chi connectivity index (χ3n) is 4.22. The first kappa shape index (κ1) is 20.9. The Morgan fingerprint density at radius 2 is 1.73 bits per heavy atom. The third kappa shape index (κ3) is 5.38. The Morgan fingerprint density at radius 3 is 2.43 bits per heavy atom. The number of ether oxygens (including phenoxy) is 4. The minimum Gasteiger partial charge on any atom is -0.486 e. The lowest BCUT2D eigenvalue weighted by atomic mass is 10.1. The molecule has 156 valence electrons. The van der Waals surface area contributed by atoms with Gasteiger partial charge in [-0.1, -0.05) is 12.1 Å². The second kappa shape index (κ2) is 9.60. The molecule has 0 fully saturated rings. The zero-order chi connectivity index (χ0) is 21.5. The molecule has 0 saturated heterocycles. The lowest BCUT2D eigenvalue weighted by molar-refractivity contribution is -0.148. The van der Waals surface area contributed by atoms with Crippen molar-refractivity contribution in [2.45, 2.75) is 13.0 Å². The van der Waals surface area contributed by atoms with Gasteiger partial charge in [0.1, 0.15) is 13.2 Å². The van der Waals surface area contributed by atoms with Crippen molar-refractivity contribution in [1.29, 1.82) is 0 Å². The van der Waals surface area contributed by atoms with E-state index in [0.29, 0.717) is 41.5 Å². The second-order valence-electron chi connectivity index (χ2n) is 6.37. The molecule has 0 aliphatic carbocycles. The number of fused-ring (bicyclic) bond motifs is 1. The summed E-state index contributed by atoms with van der Waals surface area (Å²) in [6.45, 7) is 2.40. The second-order valence-corrected chi connectivity index (χ2v) is 6.37. The number of hydrogen-bond donors (Lipinski definition) is 1. The summed E-state index contributed by atoms with van der Waals surface area (Å²) in [7, 11) is 1.30. The molecule has 0 bridgehead atoms. The van der Waals surface area contributed by atoms with E-state index in [-0.39, 0.29) is 0 Å². The number of benzene rings is 2. The Labute approximate surface area is 173 Å². The van der Waals surface area contributed by atoms with Crippen LogP contribution >= 0.6 is 0 Å². The van der Waals surface area contributed by atoms with Crippen LogP contribution in [0.15, 0.2) is 48.5 Å². The fourth-order valence-corrected chi connectivity index (χ4v) is 2.64. The molecule has 0 spiro atoms. The fraction of sp³-hybridized carbons (Fsp3) is 0.227. The van der Waals surface area contributed by atoms with Gasteiger partial charge in [-0.15, -0.1) is 0 Å². The van der Waals surface area contributed by atoms with Crippen molar-refractivity contribution in [3.8, 4) is 11.5 Å². The number of amides is 1. The molecule has 8 heteroatoms. The Kier molecular flexibility index (Phi) is 6.69. The van der Waals surface area contributed by atoms with Gasteiger partial charge in [0.25, 0.3) is 5.91 Å². The topological polar surface area (TPSA) is 100 Å². The van der Waals surface area contributed by atoms with Gasteiger partial charge in [0, 0.05) is 17.8 Å². The minimum absolute atomic E-state index is 0.404. The van der Waals surface area contributed by atoms with Crippen molar-refractivity contribution in [2.24, 2.45) is 0 Å². The van der Waals surface area contributed by atoms with Gasteiger partial charge in [-0.25, -0.2) is 9.59 Å². The van der Waals surface area contributed by atoms with Crippen LogP contribution in [0.3, 0.4) is 0 Å². The van der Waals surface area contributed by atoms with Crippen molar-refractivity contribution < 1.29 is 33.3 Å². The molecular formula is C22H21NO7. The van der Waals surface area contributed by atoms with Gasteiger partial charge in [-0.05, 0) is 42.8 Å². The molecule has 2 aromatic carbocycles. The van der Waals surface area contributed by atoms with Crippen LogP contribution in [0.5, 0.6) is 11.5 Å². The summed E-state index contributed by atoms with van der Waals surface area (Å²) in [6.07, 6.45) is 1.73. The lowest BCUT2D eigenvalue weighted by Crippen LogP contribution is -2.29. The van der Waals surface area contributed by atoms with Crippen LogP contribution in [-0.2, 0) is 19.1 Å². The quantitative estimate of drug-likeness (QED) is 0.576. The monoisotopic (exact) mass is 411 g/mol. The molecule has 1 atom stereocenters. The van der Waals surface area contributed by atoms with Gasteiger partial charge in [-0.3, -0.25) is 4.79 Å². The number of esters is 2. The average Bonchev–Trinajstić information content (AvgIpc) is 2.77. The molecule has 1 unspecified atom stereocenters. The molecular weight excluding hydrogens is 390 g/mol. The predicted molar refractivity (Wildman–Crippen MR) is 108 cm³/mol. The van der Waals surface area contributed by atoms with Crippen LogP contribution in [0, 0.1) is 0 Å². The van der Waals surface area contributed by atoms with Gasteiger partial charge in [0.15, 0.2) is 17.6 Å². The van der Waals surface area contributed by atoms with Crippen LogP contribution in [0.4, 0.5) is 5.69 Å². The van der Waals surface area contributed by atoms with E-state index in [9.17, 15) is 14.4 Å². The molecule has 0 aromatic heterocycles. The lowest BCUT2D eigenvalue weighted by Gasteiger charge is -2.19. The van der Waals surface area contributed by atoms with E-state index in [1.54, 1.807) is 42.5 Å². The molecule has 30 heavy (non-hydrogen) atoms. The molecule has 1 amide bonds. The van der Waals surface area contributed by atoms with Crippen LogP contribution < -0.4 is 14.8 Å². The Morgan fingerprint density at radius 1 is 1.03 bits per heavy atom. The number of carbonyl (C=O) groups is 3. The van der Waals surface area contributed by atoms with Crippen molar-refractivity contribution in [3.05, 3.63) is 59.7 Å². The predicted octanol–water partition coefficient (Wildman–Crippen LogP) is 2.83. The maximum atomic E-state index is 12.3. The van der Waals surface area contributed by atoms with E-state index in [1.807, 2.05) is 0 Å². The first-order valence-corrected chi connectivity index (χ1v) is 9.24.